The van der Waals surface area contributed by atoms with Crippen LogP contribution in [0.3, 0.4) is 0 Å². The second kappa shape index (κ2) is 5.64. The number of hydrogen-bond acceptors (Lipinski definition) is 3. The minimum absolute atomic E-state index is 0.108. The van der Waals surface area contributed by atoms with Crippen molar-refractivity contribution in [1.29, 1.82) is 0 Å². The maximum atomic E-state index is 12.2. The topological polar surface area (TPSA) is 58.4 Å². The van der Waals surface area contributed by atoms with Crippen molar-refractivity contribution in [3.63, 3.8) is 0 Å². The Kier molecular flexibility index (Phi) is 5.42. The molecular weight excluding hydrogens is 202 g/mol. The molecule has 0 spiro atoms. The van der Waals surface area contributed by atoms with Crippen molar-refractivity contribution in [3.05, 3.63) is 0 Å². The first-order valence-corrected chi connectivity index (χ1v) is 5.83. The van der Waals surface area contributed by atoms with Gasteiger partial charge in [0.1, 0.15) is 0 Å². The van der Waals surface area contributed by atoms with Crippen LogP contribution in [0.1, 0.15) is 34.1 Å². The lowest BCUT2D eigenvalue weighted by atomic mass is 9.74. The molecule has 0 aliphatic carbocycles. The Hall–Kier alpha value is -0.610. The predicted molar refractivity (Wildman–Crippen MR) is 68.2 cm³/mol. The summed E-state index contributed by atoms with van der Waals surface area (Å²) in [5, 5.41) is 3.07. The molecule has 0 fully saturated rings. The highest BCUT2D eigenvalue weighted by Crippen LogP contribution is 2.30. The van der Waals surface area contributed by atoms with E-state index in [9.17, 15) is 4.79 Å². The molecule has 4 nitrogen and oxygen atoms in total. The van der Waals surface area contributed by atoms with Crippen LogP contribution in [0.2, 0.25) is 0 Å². The molecular formula is C12H27N3O. The second-order valence-electron chi connectivity index (χ2n) is 5.53. The van der Waals surface area contributed by atoms with Crippen LogP contribution in [0.4, 0.5) is 0 Å². The van der Waals surface area contributed by atoms with E-state index in [-0.39, 0.29) is 5.91 Å². The smallest absolute Gasteiger partial charge is 0.229 e. The van der Waals surface area contributed by atoms with Gasteiger partial charge in [-0.3, -0.25) is 4.79 Å². The molecule has 96 valence electrons. The van der Waals surface area contributed by atoms with E-state index < -0.39 is 11.0 Å². The molecule has 4 heteroatoms. The van der Waals surface area contributed by atoms with E-state index in [0.29, 0.717) is 0 Å². The maximum Gasteiger partial charge on any atom is 0.229 e. The summed E-state index contributed by atoms with van der Waals surface area (Å²) in [6.45, 7) is 9.29. The quantitative estimate of drug-likeness (QED) is 0.663. The largest absolute Gasteiger partial charge is 0.345 e. The van der Waals surface area contributed by atoms with E-state index >= 15 is 0 Å². The summed E-state index contributed by atoms with van der Waals surface area (Å²) in [5.41, 5.74) is 4.99. The van der Waals surface area contributed by atoms with Crippen molar-refractivity contribution in [2.24, 2.45) is 11.1 Å². The number of amides is 1. The van der Waals surface area contributed by atoms with E-state index in [4.69, 9.17) is 5.73 Å². The Morgan fingerprint density at radius 1 is 1.31 bits per heavy atom. The lowest BCUT2D eigenvalue weighted by molar-refractivity contribution is -0.142. The third-order valence-corrected chi connectivity index (χ3v) is 3.41. The number of carbonyl (C=O) groups is 1. The predicted octanol–water partition coefficient (Wildman–Crippen LogP) is 0.818. The van der Waals surface area contributed by atoms with E-state index in [2.05, 4.69) is 5.32 Å². The van der Waals surface area contributed by atoms with Crippen LogP contribution in [0.25, 0.3) is 0 Å². The van der Waals surface area contributed by atoms with Gasteiger partial charge in [-0.1, -0.05) is 0 Å². The van der Waals surface area contributed by atoms with Gasteiger partial charge in [0.2, 0.25) is 5.91 Å². The molecule has 1 amide bonds. The van der Waals surface area contributed by atoms with Gasteiger partial charge in [-0.25, -0.2) is 0 Å². The molecule has 0 aromatic rings. The Labute approximate surface area is 99.6 Å². The molecule has 3 N–H and O–H groups in total. The summed E-state index contributed by atoms with van der Waals surface area (Å²) >= 11 is 0. The monoisotopic (exact) mass is 229 g/mol. The number of nitrogens with two attached hydrogens (primary N) is 1. The normalized spacial score (nSPS) is 12.7. The summed E-state index contributed by atoms with van der Waals surface area (Å²) in [4.78, 5) is 14.0. The number of rotatable bonds is 6. The molecule has 0 rings (SSSR count). The average Bonchev–Trinajstić information content (AvgIpc) is 2.15. The molecule has 0 unspecified atom stereocenters. The van der Waals surface area contributed by atoms with Crippen molar-refractivity contribution in [2.45, 2.75) is 39.7 Å². The molecule has 0 bridgehead atoms. The highest BCUT2D eigenvalue weighted by atomic mass is 16.2. The van der Waals surface area contributed by atoms with Crippen LogP contribution in [0, 0.1) is 5.41 Å². The Balaban J connectivity index is 4.43. The zero-order chi connectivity index (χ0) is 13.0. The lowest BCUT2D eigenvalue weighted by Gasteiger charge is -2.39. The van der Waals surface area contributed by atoms with Gasteiger partial charge in [0, 0.05) is 19.1 Å². The zero-order valence-corrected chi connectivity index (χ0v) is 11.6. The Bertz CT molecular complexity index is 231. The first-order valence-electron chi connectivity index (χ1n) is 5.83. The van der Waals surface area contributed by atoms with Gasteiger partial charge in [0.15, 0.2) is 0 Å². The first kappa shape index (κ1) is 15.4. The summed E-state index contributed by atoms with van der Waals surface area (Å²) < 4.78 is 0. The SMILES string of the molecule is CNCCCN(C)C(=O)C(C)(C)C(C)(C)N. The second-order valence-corrected chi connectivity index (χ2v) is 5.53. The van der Waals surface area contributed by atoms with Crippen LogP contribution in [-0.2, 0) is 4.79 Å². The lowest BCUT2D eigenvalue weighted by Crippen LogP contribution is -2.56. The number of nitrogens with zero attached hydrogens (tertiary/aromatic N) is 1. The molecule has 0 saturated carbocycles. The van der Waals surface area contributed by atoms with E-state index in [1.165, 1.54) is 0 Å². The van der Waals surface area contributed by atoms with Crippen molar-refractivity contribution in [3.8, 4) is 0 Å². The van der Waals surface area contributed by atoms with Gasteiger partial charge in [-0.15, -0.1) is 0 Å². The van der Waals surface area contributed by atoms with Gasteiger partial charge >= 0.3 is 0 Å². The average molecular weight is 229 g/mol. The van der Waals surface area contributed by atoms with E-state index in [1.54, 1.807) is 4.90 Å². The Morgan fingerprint density at radius 2 is 1.81 bits per heavy atom. The molecule has 0 aromatic carbocycles. The fraction of sp³-hybridized carbons (Fsp3) is 0.917. The van der Waals surface area contributed by atoms with Gasteiger partial charge in [-0.2, -0.15) is 0 Å². The molecule has 0 aliphatic heterocycles. The number of nitrogens with one attached hydrogen (secondary N) is 1. The Morgan fingerprint density at radius 3 is 2.19 bits per heavy atom. The van der Waals surface area contributed by atoms with Crippen LogP contribution < -0.4 is 11.1 Å². The zero-order valence-electron chi connectivity index (χ0n) is 11.6. The van der Waals surface area contributed by atoms with Crippen molar-refractivity contribution < 1.29 is 4.79 Å². The van der Waals surface area contributed by atoms with Crippen LogP contribution in [0.5, 0.6) is 0 Å². The van der Waals surface area contributed by atoms with E-state index in [0.717, 1.165) is 19.5 Å². The molecule has 0 heterocycles. The number of carbonyl (C=O) groups excluding carboxylic acids is 1. The molecule has 0 atom stereocenters. The van der Waals surface area contributed by atoms with Gasteiger partial charge in [0.05, 0.1) is 5.41 Å². The van der Waals surface area contributed by atoms with Crippen molar-refractivity contribution in [1.82, 2.24) is 10.2 Å². The van der Waals surface area contributed by atoms with Gasteiger partial charge < -0.3 is 16.0 Å². The summed E-state index contributed by atoms with van der Waals surface area (Å²) in [5.74, 6) is 0.108. The minimum Gasteiger partial charge on any atom is -0.345 e. The molecule has 16 heavy (non-hydrogen) atoms. The van der Waals surface area contributed by atoms with Crippen LogP contribution in [-0.4, -0.2) is 43.5 Å². The molecule has 0 aromatic heterocycles. The van der Waals surface area contributed by atoms with Crippen molar-refractivity contribution in [2.75, 3.05) is 27.2 Å². The third-order valence-electron chi connectivity index (χ3n) is 3.41. The highest BCUT2D eigenvalue weighted by Gasteiger charge is 2.41. The van der Waals surface area contributed by atoms with E-state index in [1.807, 2.05) is 41.8 Å². The molecule has 0 radical (unpaired) electrons. The standard InChI is InChI=1S/C12H27N3O/c1-11(2,12(3,4)13)10(16)15(6)9-7-8-14-5/h14H,7-9,13H2,1-6H3. The summed E-state index contributed by atoms with van der Waals surface area (Å²) in [6.07, 6.45) is 0.958. The van der Waals surface area contributed by atoms with Crippen molar-refractivity contribution >= 4 is 5.91 Å². The summed E-state index contributed by atoms with van der Waals surface area (Å²) in [6, 6.07) is 0. The fourth-order valence-corrected chi connectivity index (χ4v) is 1.35. The van der Waals surface area contributed by atoms with Crippen LogP contribution >= 0.6 is 0 Å². The fourth-order valence-electron chi connectivity index (χ4n) is 1.35. The molecule has 0 aliphatic rings. The molecule has 0 saturated heterocycles. The highest BCUT2D eigenvalue weighted by molar-refractivity contribution is 5.83. The summed E-state index contributed by atoms with van der Waals surface area (Å²) in [7, 11) is 3.75. The first-order chi connectivity index (χ1) is 7.14. The minimum atomic E-state index is -0.540. The number of hydrogen-bond donors (Lipinski definition) is 2. The van der Waals surface area contributed by atoms with Gasteiger partial charge in [-0.05, 0) is 47.7 Å². The maximum absolute atomic E-state index is 12.2. The van der Waals surface area contributed by atoms with Crippen LogP contribution in [0.15, 0.2) is 0 Å². The van der Waals surface area contributed by atoms with Gasteiger partial charge in [0.25, 0.3) is 0 Å². The third kappa shape index (κ3) is 3.76.